The topological polar surface area (TPSA) is 130 Å². The number of rotatable bonds is 5. The van der Waals surface area contributed by atoms with Gasteiger partial charge in [0.25, 0.3) is 5.91 Å². The van der Waals surface area contributed by atoms with Gasteiger partial charge in [-0.1, -0.05) is 12.1 Å². The molecule has 1 aliphatic heterocycles. The molecule has 1 aliphatic rings. The molecule has 9 nitrogen and oxygen atoms in total. The minimum absolute atomic E-state index is 0.0333. The largest absolute Gasteiger partial charge is 0.455 e. The molecule has 0 aliphatic carbocycles. The van der Waals surface area contributed by atoms with Crippen LogP contribution in [0.4, 0.5) is 5.69 Å². The number of anilines is 1. The highest BCUT2D eigenvalue weighted by molar-refractivity contribution is 7.88. The number of ether oxygens (including phenoxy) is 1. The first-order valence-electron chi connectivity index (χ1n) is 8.63. The van der Waals surface area contributed by atoms with Crippen LogP contribution in [0.1, 0.15) is 18.6 Å². The van der Waals surface area contributed by atoms with Crippen LogP contribution in [-0.2, 0) is 24.3 Å². The Labute approximate surface area is 161 Å². The maximum atomic E-state index is 12.2. The number of para-hydroxylation sites is 1. The number of nitrogens with zero attached hydrogens (tertiary/aromatic N) is 2. The molecule has 0 spiro atoms. The van der Waals surface area contributed by atoms with Crippen molar-refractivity contribution in [3.05, 3.63) is 30.0 Å². The molecule has 2 heterocycles. The summed E-state index contributed by atoms with van der Waals surface area (Å²) < 4.78 is 34.8. The Morgan fingerprint density at radius 2 is 2.00 bits per heavy atom. The van der Waals surface area contributed by atoms with Gasteiger partial charge >= 0.3 is 5.97 Å². The molecule has 0 unspecified atom stereocenters. The monoisotopic (exact) mass is 405 g/mol. The van der Waals surface area contributed by atoms with Crippen molar-refractivity contribution in [1.82, 2.24) is 4.31 Å². The number of piperidine rings is 1. The van der Waals surface area contributed by atoms with E-state index in [4.69, 9.17) is 9.15 Å². The number of esters is 1. The third-order valence-electron chi connectivity index (χ3n) is 4.56. The minimum atomic E-state index is -3.27. The number of carbonyl (C=O) groups is 2. The summed E-state index contributed by atoms with van der Waals surface area (Å²) in [5.74, 6) is -1.62. The van der Waals surface area contributed by atoms with Crippen LogP contribution in [0.3, 0.4) is 0 Å². The van der Waals surface area contributed by atoms with Crippen molar-refractivity contribution in [1.29, 1.82) is 5.26 Å². The zero-order valence-electron chi connectivity index (χ0n) is 15.2. The van der Waals surface area contributed by atoms with Crippen LogP contribution in [-0.4, -0.2) is 50.6 Å². The van der Waals surface area contributed by atoms with Gasteiger partial charge in [0.05, 0.1) is 12.2 Å². The fraction of sp³-hybridized carbons (Fsp3) is 0.389. The van der Waals surface area contributed by atoms with Crippen molar-refractivity contribution in [2.45, 2.75) is 12.8 Å². The summed E-state index contributed by atoms with van der Waals surface area (Å²) in [7, 11) is -3.27. The number of nitrogens with one attached hydrogen (secondary N) is 1. The molecule has 0 bridgehead atoms. The van der Waals surface area contributed by atoms with Crippen LogP contribution >= 0.6 is 0 Å². The van der Waals surface area contributed by atoms with E-state index in [-0.39, 0.29) is 24.5 Å². The molecule has 1 amide bonds. The first kappa shape index (κ1) is 19.9. The van der Waals surface area contributed by atoms with E-state index < -0.39 is 34.4 Å². The molecule has 1 saturated heterocycles. The van der Waals surface area contributed by atoms with Crippen molar-refractivity contribution in [2.75, 3.05) is 31.3 Å². The van der Waals surface area contributed by atoms with Crippen molar-refractivity contribution in [3.8, 4) is 6.07 Å². The number of benzene rings is 1. The molecule has 2 aromatic rings. The SMILES string of the molecule is CS(=O)(=O)N1CCC(C(=O)OCC(=O)Nc2c(C#N)oc3ccccc23)CC1. The highest BCUT2D eigenvalue weighted by atomic mass is 32.2. The zero-order valence-corrected chi connectivity index (χ0v) is 16.0. The highest BCUT2D eigenvalue weighted by Crippen LogP contribution is 2.30. The first-order valence-corrected chi connectivity index (χ1v) is 10.5. The lowest BCUT2D eigenvalue weighted by Gasteiger charge is -2.28. The molecule has 28 heavy (non-hydrogen) atoms. The minimum Gasteiger partial charge on any atom is -0.455 e. The Morgan fingerprint density at radius 3 is 2.64 bits per heavy atom. The van der Waals surface area contributed by atoms with Crippen LogP contribution in [0, 0.1) is 17.2 Å². The van der Waals surface area contributed by atoms with Gasteiger partial charge in [-0.15, -0.1) is 0 Å². The normalized spacial score (nSPS) is 15.9. The van der Waals surface area contributed by atoms with Gasteiger partial charge in [0.15, 0.2) is 6.61 Å². The summed E-state index contributed by atoms with van der Waals surface area (Å²) in [6.07, 6.45) is 1.82. The molecule has 0 saturated carbocycles. The van der Waals surface area contributed by atoms with E-state index in [1.165, 1.54) is 4.31 Å². The van der Waals surface area contributed by atoms with E-state index in [0.29, 0.717) is 23.8 Å². The summed E-state index contributed by atoms with van der Waals surface area (Å²) in [4.78, 5) is 24.3. The summed E-state index contributed by atoms with van der Waals surface area (Å²) in [6, 6.07) is 8.75. The van der Waals surface area contributed by atoms with E-state index >= 15 is 0 Å². The summed E-state index contributed by atoms with van der Waals surface area (Å²) >= 11 is 0. The quantitative estimate of drug-likeness (QED) is 0.745. The van der Waals surface area contributed by atoms with Crippen LogP contribution in [0.25, 0.3) is 11.0 Å². The van der Waals surface area contributed by atoms with Gasteiger partial charge in [0, 0.05) is 18.5 Å². The van der Waals surface area contributed by atoms with Crippen LogP contribution in [0.2, 0.25) is 0 Å². The van der Waals surface area contributed by atoms with Gasteiger partial charge < -0.3 is 14.5 Å². The van der Waals surface area contributed by atoms with Gasteiger partial charge in [-0.2, -0.15) is 5.26 Å². The average molecular weight is 405 g/mol. The van der Waals surface area contributed by atoms with Crippen molar-refractivity contribution >= 4 is 38.6 Å². The van der Waals surface area contributed by atoms with Crippen molar-refractivity contribution < 1.29 is 27.2 Å². The fourth-order valence-corrected chi connectivity index (χ4v) is 3.98. The maximum absolute atomic E-state index is 12.2. The Kier molecular flexibility index (Phi) is 5.67. The third kappa shape index (κ3) is 4.32. The van der Waals surface area contributed by atoms with Crippen LogP contribution in [0.15, 0.2) is 28.7 Å². The predicted molar refractivity (Wildman–Crippen MR) is 99.7 cm³/mol. The fourth-order valence-electron chi connectivity index (χ4n) is 3.10. The number of hydrogen-bond donors (Lipinski definition) is 1. The van der Waals surface area contributed by atoms with Crippen LogP contribution in [0.5, 0.6) is 0 Å². The molecule has 0 radical (unpaired) electrons. The first-order chi connectivity index (χ1) is 13.3. The van der Waals surface area contributed by atoms with Crippen molar-refractivity contribution in [2.24, 2.45) is 5.92 Å². The molecule has 1 aromatic heterocycles. The van der Waals surface area contributed by atoms with Gasteiger partial charge in [-0.3, -0.25) is 9.59 Å². The Hall–Kier alpha value is -2.90. The second kappa shape index (κ2) is 8.00. The summed E-state index contributed by atoms with van der Waals surface area (Å²) in [6.45, 7) is -0.00975. The van der Waals surface area contributed by atoms with Gasteiger partial charge in [-0.25, -0.2) is 12.7 Å². The van der Waals surface area contributed by atoms with Crippen LogP contribution < -0.4 is 5.32 Å². The Morgan fingerprint density at radius 1 is 1.32 bits per heavy atom. The molecule has 1 aromatic carbocycles. The second-order valence-corrected chi connectivity index (χ2v) is 8.49. The molecule has 1 N–H and O–H groups in total. The molecule has 1 fully saturated rings. The highest BCUT2D eigenvalue weighted by Gasteiger charge is 2.30. The number of nitriles is 1. The van der Waals surface area contributed by atoms with E-state index in [2.05, 4.69) is 5.32 Å². The number of amides is 1. The number of sulfonamides is 1. The molecule has 0 atom stereocenters. The molecule has 10 heteroatoms. The van der Waals surface area contributed by atoms with Gasteiger partial charge in [0.2, 0.25) is 15.8 Å². The van der Waals surface area contributed by atoms with E-state index in [0.717, 1.165) is 6.26 Å². The lowest BCUT2D eigenvalue weighted by Crippen LogP contribution is -2.40. The standard InChI is InChI=1S/C18H19N3O6S/c1-28(24,25)21-8-6-12(7-9-21)18(23)26-11-16(22)20-17-13-4-2-3-5-14(13)27-15(17)10-19/h2-5,12H,6-9,11H2,1H3,(H,20,22). The average Bonchev–Trinajstić information content (AvgIpc) is 3.03. The Balaban J connectivity index is 1.56. The van der Waals surface area contributed by atoms with E-state index in [1.54, 1.807) is 24.3 Å². The van der Waals surface area contributed by atoms with Crippen molar-refractivity contribution in [3.63, 3.8) is 0 Å². The molecule has 3 rings (SSSR count). The smallest absolute Gasteiger partial charge is 0.309 e. The number of furan rings is 1. The van der Waals surface area contributed by atoms with Gasteiger partial charge in [-0.05, 0) is 25.0 Å². The summed E-state index contributed by atoms with van der Waals surface area (Å²) in [5.41, 5.74) is 0.699. The van der Waals surface area contributed by atoms with E-state index in [9.17, 15) is 23.3 Å². The predicted octanol–water partition coefficient (Wildman–Crippen LogP) is 1.46. The number of fused-ring (bicyclic) bond motifs is 1. The summed E-state index contributed by atoms with van der Waals surface area (Å²) in [5, 5.41) is 12.3. The molecular weight excluding hydrogens is 386 g/mol. The Bertz CT molecular complexity index is 1040. The van der Waals surface area contributed by atoms with E-state index in [1.807, 2.05) is 6.07 Å². The lowest BCUT2D eigenvalue weighted by molar-refractivity contribution is -0.152. The molecular formula is C18H19N3O6S. The molecule has 148 valence electrons. The maximum Gasteiger partial charge on any atom is 0.309 e. The zero-order chi connectivity index (χ0) is 20.3. The number of carbonyl (C=O) groups excluding carboxylic acids is 2. The second-order valence-electron chi connectivity index (χ2n) is 6.51. The lowest BCUT2D eigenvalue weighted by atomic mass is 9.98. The van der Waals surface area contributed by atoms with Gasteiger partial charge in [0.1, 0.15) is 17.3 Å². The number of hydrogen-bond acceptors (Lipinski definition) is 7. The third-order valence-corrected chi connectivity index (χ3v) is 5.87.